The highest BCUT2D eigenvalue weighted by atomic mass is 79.9. The lowest BCUT2D eigenvalue weighted by Crippen LogP contribution is -2.49. The van der Waals surface area contributed by atoms with E-state index < -0.39 is 0 Å². The first-order valence-electron chi connectivity index (χ1n) is 7.66. The van der Waals surface area contributed by atoms with Gasteiger partial charge in [-0.2, -0.15) is 0 Å². The van der Waals surface area contributed by atoms with Crippen molar-refractivity contribution < 1.29 is 9.59 Å². The summed E-state index contributed by atoms with van der Waals surface area (Å²) < 4.78 is 1.07. The first-order valence-corrected chi connectivity index (χ1v) is 9.27. The fourth-order valence-corrected chi connectivity index (χ4v) is 4.08. The number of nitrogens with one attached hydrogen (secondary N) is 2. The Hall–Kier alpha value is -1.12. The standard InChI is InChI=1S/C15H23BrN4O2S/c1-17-14(21)10-20-7-5-11(6-8-20)18-15(22)19(2)9-12-3-4-13(16)23-12/h3-4,11H,5-10H2,1-2H3,(H,17,21)(H,18,22). The Morgan fingerprint density at radius 1 is 1.39 bits per heavy atom. The van der Waals surface area contributed by atoms with Gasteiger partial charge in [-0.1, -0.05) is 0 Å². The summed E-state index contributed by atoms with van der Waals surface area (Å²) >= 11 is 5.07. The molecule has 0 atom stereocenters. The van der Waals surface area contributed by atoms with E-state index in [-0.39, 0.29) is 18.0 Å². The molecule has 128 valence electrons. The van der Waals surface area contributed by atoms with Gasteiger partial charge in [-0.15, -0.1) is 11.3 Å². The van der Waals surface area contributed by atoms with Crippen LogP contribution in [-0.2, 0) is 11.3 Å². The number of carbonyl (C=O) groups excluding carboxylic acids is 2. The number of piperidine rings is 1. The average Bonchev–Trinajstić information content (AvgIpc) is 2.94. The van der Waals surface area contributed by atoms with Gasteiger partial charge in [0.2, 0.25) is 5.91 Å². The van der Waals surface area contributed by atoms with E-state index in [0.29, 0.717) is 13.1 Å². The molecule has 1 aliphatic heterocycles. The third-order valence-corrected chi connectivity index (χ3v) is 5.54. The number of amides is 3. The summed E-state index contributed by atoms with van der Waals surface area (Å²) in [6.07, 6.45) is 1.75. The van der Waals surface area contributed by atoms with Crippen LogP contribution < -0.4 is 10.6 Å². The first kappa shape index (κ1) is 18.2. The van der Waals surface area contributed by atoms with Gasteiger partial charge in [0.25, 0.3) is 0 Å². The van der Waals surface area contributed by atoms with Crippen molar-refractivity contribution in [1.82, 2.24) is 20.4 Å². The third-order valence-electron chi connectivity index (χ3n) is 3.93. The third kappa shape index (κ3) is 5.78. The minimum absolute atomic E-state index is 0.0364. The van der Waals surface area contributed by atoms with Gasteiger partial charge in [0.15, 0.2) is 0 Å². The fraction of sp³-hybridized carbons (Fsp3) is 0.600. The summed E-state index contributed by atoms with van der Waals surface area (Å²) in [6, 6.07) is 4.16. The van der Waals surface area contributed by atoms with Crippen LogP contribution in [0.3, 0.4) is 0 Å². The largest absolute Gasteiger partial charge is 0.358 e. The molecule has 23 heavy (non-hydrogen) atoms. The Morgan fingerprint density at radius 3 is 2.65 bits per heavy atom. The van der Waals surface area contributed by atoms with Crippen molar-refractivity contribution >= 4 is 39.2 Å². The maximum Gasteiger partial charge on any atom is 0.317 e. The fourth-order valence-electron chi connectivity index (χ4n) is 2.54. The van der Waals surface area contributed by atoms with E-state index in [1.807, 2.05) is 19.2 Å². The molecule has 2 heterocycles. The van der Waals surface area contributed by atoms with Crippen LogP contribution in [0.5, 0.6) is 0 Å². The Morgan fingerprint density at radius 2 is 2.09 bits per heavy atom. The van der Waals surface area contributed by atoms with Gasteiger partial charge in [0.1, 0.15) is 0 Å². The molecule has 1 aliphatic rings. The predicted octanol–water partition coefficient (Wildman–Crippen LogP) is 1.86. The minimum Gasteiger partial charge on any atom is -0.358 e. The van der Waals surface area contributed by atoms with Gasteiger partial charge in [0.05, 0.1) is 16.9 Å². The number of hydrogen-bond donors (Lipinski definition) is 2. The molecule has 0 saturated carbocycles. The number of likely N-dealkylation sites (tertiary alicyclic amines) is 1. The maximum atomic E-state index is 12.3. The lowest BCUT2D eigenvalue weighted by Gasteiger charge is -2.32. The molecule has 2 N–H and O–H groups in total. The zero-order valence-corrected chi connectivity index (χ0v) is 15.9. The summed E-state index contributed by atoms with van der Waals surface area (Å²) in [5.74, 6) is 0.0364. The van der Waals surface area contributed by atoms with E-state index in [4.69, 9.17) is 0 Å². The molecule has 3 amide bonds. The number of rotatable bonds is 5. The van der Waals surface area contributed by atoms with E-state index in [2.05, 4.69) is 31.5 Å². The number of likely N-dealkylation sites (N-methyl/N-ethyl adjacent to an activating group) is 1. The molecule has 1 aromatic heterocycles. The van der Waals surface area contributed by atoms with Crippen LogP contribution in [0.15, 0.2) is 15.9 Å². The quantitative estimate of drug-likeness (QED) is 0.789. The van der Waals surface area contributed by atoms with Gasteiger partial charge >= 0.3 is 6.03 Å². The average molecular weight is 403 g/mol. The monoisotopic (exact) mass is 402 g/mol. The van der Waals surface area contributed by atoms with Crippen LogP contribution in [0, 0.1) is 0 Å². The van der Waals surface area contributed by atoms with E-state index >= 15 is 0 Å². The molecule has 6 nitrogen and oxygen atoms in total. The van der Waals surface area contributed by atoms with Crippen molar-refractivity contribution in [1.29, 1.82) is 0 Å². The van der Waals surface area contributed by atoms with E-state index in [1.165, 1.54) is 0 Å². The SMILES string of the molecule is CNC(=O)CN1CCC(NC(=O)N(C)Cc2ccc(Br)s2)CC1. The molecule has 0 bridgehead atoms. The van der Waals surface area contributed by atoms with E-state index in [1.54, 1.807) is 23.3 Å². The highest BCUT2D eigenvalue weighted by Crippen LogP contribution is 2.23. The smallest absolute Gasteiger partial charge is 0.317 e. The highest BCUT2D eigenvalue weighted by Gasteiger charge is 2.23. The molecule has 0 aliphatic carbocycles. The van der Waals surface area contributed by atoms with Crippen LogP contribution in [0.1, 0.15) is 17.7 Å². The molecule has 0 spiro atoms. The zero-order valence-electron chi connectivity index (χ0n) is 13.5. The summed E-state index contributed by atoms with van der Waals surface area (Å²) in [5, 5.41) is 5.72. The van der Waals surface area contributed by atoms with Crippen LogP contribution in [-0.4, -0.2) is 61.5 Å². The van der Waals surface area contributed by atoms with Gasteiger partial charge in [-0.3, -0.25) is 9.69 Å². The number of carbonyl (C=O) groups is 2. The normalized spacial score (nSPS) is 16.1. The molecule has 2 rings (SSSR count). The summed E-state index contributed by atoms with van der Waals surface area (Å²) in [4.78, 5) is 28.6. The zero-order chi connectivity index (χ0) is 16.8. The second-order valence-corrected chi connectivity index (χ2v) is 8.28. The number of hydrogen-bond acceptors (Lipinski definition) is 4. The predicted molar refractivity (Wildman–Crippen MR) is 95.5 cm³/mol. The maximum absolute atomic E-state index is 12.3. The van der Waals surface area contributed by atoms with Gasteiger partial charge in [-0.25, -0.2) is 4.79 Å². The lowest BCUT2D eigenvalue weighted by molar-refractivity contribution is -0.122. The van der Waals surface area contributed by atoms with Crippen molar-refractivity contribution in [3.8, 4) is 0 Å². The molecule has 0 radical (unpaired) electrons. The molecule has 0 aromatic carbocycles. The number of thiophene rings is 1. The summed E-state index contributed by atoms with van der Waals surface area (Å²) in [7, 11) is 3.46. The minimum atomic E-state index is -0.0423. The highest BCUT2D eigenvalue weighted by molar-refractivity contribution is 9.11. The summed E-state index contributed by atoms with van der Waals surface area (Å²) in [6.45, 7) is 2.71. The van der Waals surface area contributed by atoms with Crippen LogP contribution in [0.25, 0.3) is 0 Å². The van der Waals surface area contributed by atoms with Crippen molar-refractivity contribution in [2.45, 2.75) is 25.4 Å². The molecule has 1 aromatic rings. The molecule has 1 fully saturated rings. The van der Waals surface area contributed by atoms with Crippen molar-refractivity contribution in [2.75, 3.05) is 33.7 Å². The molecule has 0 unspecified atom stereocenters. The summed E-state index contributed by atoms with van der Waals surface area (Å²) in [5.41, 5.74) is 0. The number of halogens is 1. The number of nitrogens with zero attached hydrogens (tertiary/aromatic N) is 2. The van der Waals surface area contributed by atoms with Crippen LogP contribution >= 0.6 is 27.3 Å². The second-order valence-electron chi connectivity index (χ2n) is 5.73. The van der Waals surface area contributed by atoms with Crippen molar-refractivity contribution in [3.05, 3.63) is 20.8 Å². The lowest BCUT2D eigenvalue weighted by atomic mass is 10.1. The van der Waals surface area contributed by atoms with Crippen molar-refractivity contribution in [3.63, 3.8) is 0 Å². The van der Waals surface area contributed by atoms with E-state index in [9.17, 15) is 9.59 Å². The Labute approximate surface area is 149 Å². The number of urea groups is 1. The van der Waals surface area contributed by atoms with Crippen LogP contribution in [0.4, 0.5) is 4.79 Å². The molecular formula is C15H23BrN4O2S. The first-order chi connectivity index (χ1) is 11.0. The van der Waals surface area contributed by atoms with Gasteiger partial charge in [-0.05, 0) is 40.9 Å². The van der Waals surface area contributed by atoms with Gasteiger partial charge < -0.3 is 15.5 Å². The Bertz CT molecular complexity index is 543. The topological polar surface area (TPSA) is 64.7 Å². The molecular weight excluding hydrogens is 380 g/mol. The second kappa shape index (κ2) is 8.65. The van der Waals surface area contributed by atoms with Crippen LogP contribution in [0.2, 0.25) is 0 Å². The van der Waals surface area contributed by atoms with Gasteiger partial charge in [0, 0.05) is 38.1 Å². The molecule has 8 heteroatoms. The van der Waals surface area contributed by atoms with E-state index in [0.717, 1.165) is 34.6 Å². The van der Waals surface area contributed by atoms with Crippen molar-refractivity contribution in [2.24, 2.45) is 0 Å². The Balaban J connectivity index is 1.72. The molecule has 1 saturated heterocycles. The Kier molecular flexibility index (Phi) is 6.86.